The molecule has 0 bridgehead atoms. The maximum Gasteiger partial charge on any atom is 0.340 e. The zero-order valence-corrected chi connectivity index (χ0v) is 17.9. The molecular formula is C25H33NO2. The van der Waals surface area contributed by atoms with E-state index in [4.69, 9.17) is 9.72 Å². The highest BCUT2D eigenvalue weighted by Gasteiger charge is 2.34. The van der Waals surface area contributed by atoms with Crippen LogP contribution in [0.2, 0.25) is 0 Å². The molecule has 1 saturated carbocycles. The second-order valence-electron chi connectivity index (χ2n) is 8.61. The summed E-state index contributed by atoms with van der Waals surface area (Å²) in [6.45, 7) is 10.7. The molecule has 1 aromatic carbocycles. The molecule has 0 amide bonds. The Kier molecular flexibility index (Phi) is 6.53. The Balaban J connectivity index is 1.91. The predicted molar refractivity (Wildman–Crippen MR) is 114 cm³/mol. The molecule has 150 valence electrons. The molecule has 1 heterocycles. The Morgan fingerprint density at radius 1 is 1.21 bits per heavy atom. The van der Waals surface area contributed by atoms with Crippen molar-refractivity contribution in [1.29, 1.82) is 0 Å². The first kappa shape index (κ1) is 20.6. The van der Waals surface area contributed by atoms with Crippen LogP contribution >= 0.6 is 0 Å². The second kappa shape index (κ2) is 8.89. The molecule has 0 N–H and O–H groups in total. The Hall–Kier alpha value is -2.16. The molecule has 0 saturated heterocycles. The van der Waals surface area contributed by atoms with Gasteiger partial charge in [0, 0.05) is 11.3 Å². The maximum atomic E-state index is 13.1. The Labute approximate surface area is 169 Å². The van der Waals surface area contributed by atoms with Gasteiger partial charge in [-0.15, -0.1) is 0 Å². The molecule has 1 aliphatic carbocycles. The molecule has 0 unspecified atom stereocenters. The first-order chi connectivity index (χ1) is 13.4. The number of hydrogen-bond donors (Lipinski definition) is 0. The third kappa shape index (κ3) is 4.45. The molecule has 1 aromatic heterocycles. The molecule has 3 rings (SSSR count). The van der Waals surface area contributed by atoms with E-state index in [0.717, 1.165) is 41.8 Å². The van der Waals surface area contributed by atoms with Crippen LogP contribution < -0.4 is 0 Å². The molecular weight excluding hydrogens is 346 g/mol. The summed E-state index contributed by atoms with van der Waals surface area (Å²) >= 11 is 0. The zero-order valence-electron chi connectivity index (χ0n) is 17.9. The van der Waals surface area contributed by atoms with Crippen molar-refractivity contribution in [3.8, 4) is 11.1 Å². The van der Waals surface area contributed by atoms with Crippen molar-refractivity contribution in [3.05, 3.63) is 53.3 Å². The number of esters is 1. The number of pyridine rings is 1. The smallest absolute Gasteiger partial charge is 0.340 e. The van der Waals surface area contributed by atoms with Crippen LogP contribution in [-0.4, -0.2) is 17.1 Å². The topological polar surface area (TPSA) is 39.2 Å². The summed E-state index contributed by atoms with van der Waals surface area (Å²) in [5.41, 5.74) is 4.49. The summed E-state index contributed by atoms with van der Waals surface area (Å²) in [4.78, 5) is 17.9. The average molecular weight is 380 g/mol. The van der Waals surface area contributed by atoms with Gasteiger partial charge in [0.2, 0.25) is 0 Å². The molecule has 0 radical (unpaired) electrons. The van der Waals surface area contributed by atoms with E-state index in [0.29, 0.717) is 23.3 Å². The van der Waals surface area contributed by atoms with Gasteiger partial charge < -0.3 is 4.74 Å². The minimum Gasteiger partial charge on any atom is -0.458 e. The lowest BCUT2D eigenvalue weighted by Gasteiger charge is -2.36. The molecule has 28 heavy (non-hydrogen) atoms. The quantitative estimate of drug-likeness (QED) is 0.577. The van der Waals surface area contributed by atoms with Crippen LogP contribution in [0.5, 0.6) is 0 Å². The van der Waals surface area contributed by atoms with Crippen molar-refractivity contribution >= 4 is 5.97 Å². The lowest BCUT2D eigenvalue weighted by molar-refractivity contribution is -0.0175. The van der Waals surface area contributed by atoms with E-state index in [2.05, 4.69) is 39.8 Å². The fourth-order valence-corrected chi connectivity index (χ4v) is 4.45. The lowest BCUT2D eigenvalue weighted by Crippen LogP contribution is -2.36. The Morgan fingerprint density at radius 2 is 1.93 bits per heavy atom. The fourth-order valence-electron chi connectivity index (χ4n) is 4.45. The summed E-state index contributed by atoms with van der Waals surface area (Å²) < 4.78 is 6.09. The van der Waals surface area contributed by atoms with Crippen LogP contribution in [0.25, 0.3) is 11.1 Å². The van der Waals surface area contributed by atoms with E-state index in [1.807, 2.05) is 31.2 Å². The Morgan fingerprint density at radius 3 is 2.57 bits per heavy atom. The van der Waals surface area contributed by atoms with Crippen LogP contribution in [0.1, 0.15) is 68.7 Å². The van der Waals surface area contributed by atoms with Gasteiger partial charge in [0.05, 0.1) is 11.3 Å². The fraction of sp³-hybridized carbons (Fsp3) is 0.520. The normalized spacial score (nSPS) is 22.3. The number of aromatic nitrogens is 1. The second-order valence-corrected chi connectivity index (χ2v) is 8.61. The van der Waals surface area contributed by atoms with Crippen LogP contribution in [0, 0.1) is 24.7 Å². The zero-order chi connectivity index (χ0) is 20.3. The molecule has 0 spiro atoms. The van der Waals surface area contributed by atoms with E-state index in [-0.39, 0.29) is 12.1 Å². The minimum atomic E-state index is -0.227. The molecule has 3 atom stereocenters. The number of nitrogens with zero attached hydrogens (tertiary/aromatic N) is 1. The van der Waals surface area contributed by atoms with Gasteiger partial charge in [-0.05, 0) is 55.6 Å². The third-order valence-electron chi connectivity index (χ3n) is 6.15. The maximum absolute atomic E-state index is 13.1. The standard InChI is InChI=1S/C25H33NO2/c1-6-23-22(19-10-8-7-9-11-19)15-21(18(5)26-23)25(27)28-24-14-17(4)12-13-20(24)16(2)3/h7-11,15-17,20,24H,6,12-14H2,1-5H3/t17-,20+,24-/m1/s1. The van der Waals surface area contributed by atoms with Crippen LogP contribution in [0.4, 0.5) is 0 Å². The van der Waals surface area contributed by atoms with Crippen molar-refractivity contribution in [2.24, 2.45) is 17.8 Å². The average Bonchev–Trinajstić information content (AvgIpc) is 2.68. The number of hydrogen-bond acceptors (Lipinski definition) is 3. The number of carbonyl (C=O) groups excluding carboxylic acids is 1. The SMILES string of the molecule is CCc1nc(C)c(C(=O)O[C@@H]2C[C@H](C)CC[C@H]2C(C)C)cc1-c1ccccc1. The highest BCUT2D eigenvalue weighted by molar-refractivity contribution is 5.92. The number of rotatable bonds is 5. The van der Waals surface area contributed by atoms with Crippen molar-refractivity contribution in [3.63, 3.8) is 0 Å². The molecule has 1 fully saturated rings. The first-order valence-electron chi connectivity index (χ1n) is 10.7. The minimum absolute atomic E-state index is 0.00155. The summed E-state index contributed by atoms with van der Waals surface area (Å²) in [5.74, 6) is 1.34. The predicted octanol–water partition coefficient (Wildman–Crippen LogP) is 6.24. The lowest BCUT2D eigenvalue weighted by atomic mass is 9.75. The summed E-state index contributed by atoms with van der Waals surface area (Å²) in [6, 6.07) is 12.2. The molecule has 2 aromatic rings. The van der Waals surface area contributed by atoms with Crippen molar-refractivity contribution < 1.29 is 9.53 Å². The van der Waals surface area contributed by atoms with Crippen molar-refractivity contribution in [1.82, 2.24) is 4.98 Å². The molecule has 0 aliphatic heterocycles. The number of carbonyl (C=O) groups is 1. The van der Waals surface area contributed by atoms with Crippen molar-refractivity contribution in [2.45, 2.75) is 66.4 Å². The van der Waals surface area contributed by atoms with Crippen LogP contribution in [0.15, 0.2) is 36.4 Å². The number of aryl methyl sites for hydroxylation is 2. The van der Waals surface area contributed by atoms with E-state index in [9.17, 15) is 4.79 Å². The van der Waals surface area contributed by atoms with Crippen molar-refractivity contribution in [2.75, 3.05) is 0 Å². The third-order valence-corrected chi connectivity index (χ3v) is 6.15. The summed E-state index contributed by atoms with van der Waals surface area (Å²) in [6.07, 6.45) is 4.15. The van der Waals surface area contributed by atoms with Gasteiger partial charge in [-0.2, -0.15) is 0 Å². The Bertz CT molecular complexity index is 813. The highest BCUT2D eigenvalue weighted by atomic mass is 16.5. The van der Waals surface area contributed by atoms with E-state index in [1.54, 1.807) is 0 Å². The summed E-state index contributed by atoms with van der Waals surface area (Å²) in [5, 5.41) is 0. The number of benzene rings is 1. The van der Waals surface area contributed by atoms with Gasteiger partial charge in [0.25, 0.3) is 0 Å². The number of ether oxygens (including phenoxy) is 1. The van der Waals surface area contributed by atoms with Gasteiger partial charge in [-0.1, -0.05) is 64.4 Å². The molecule has 1 aliphatic rings. The van der Waals surface area contributed by atoms with Gasteiger partial charge in [-0.25, -0.2) is 4.79 Å². The van der Waals surface area contributed by atoms with E-state index in [1.165, 1.54) is 6.42 Å². The van der Waals surface area contributed by atoms with Gasteiger partial charge in [-0.3, -0.25) is 4.98 Å². The molecule has 3 heteroatoms. The van der Waals surface area contributed by atoms with Crippen LogP contribution in [0.3, 0.4) is 0 Å². The van der Waals surface area contributed by atoms with Gasteiger partial charge in [0.1, 0.15) is 6.10 Å². The van der Waals surface area contributed by atoms with Crippen LogP contribution in [-0.2, 0) is 11.2 Å². The van der Waals surface area contributed by atoms with Gasteiger partial charge in [0.15, 0.2) is 0 Å². The monoisotopic (exact) mass is 379 g/mol. The van der Waals surface area contributed by atoms with E-state index >= 15 is 0 Å². The highest BCUT2D eigenvalue weighted by Crippen LogP contribution is 2.36. The largest absolute Gasteiger partial charge is 0.458 e. The van der Waals surface area contributed by atoms with Gasteiger partial charge >= 0.3 is 5.97 Å². The summed E-state index contributed by atoms with van der Waals surface area (Å²) in [7, 11) is 0. The first-order valence-corrected chi connectivity index (χ1v) is 10.7. The van der Waals surface area contributed by atoms with E-state index < -0.39 is 0 Å². The molecule has 3 nitrogen and oxygen atoms in total.